The van der Waals surface area contributed by atoms with Crippen molar-refractivity contribution in [1.29, 1.82) is 5.26 Å². The Morgan fingerprint density at radius 1 is 1.14 bits per heavy atom. The number of nitriles is 1. The summed E-state index contributed by atoms with van der Waals surface area (Å²) in [5.74, 6) is -0.313. The number of piperidine rings is 1. The Labute approximate surface area is 199 Å². The van der Waals surface area contributed by atoms with E-state index in [0.29, 0.717) is 11.3 Å². The maximum Gasteiger partial charge on any atom is 1.00 e. The van der Waals surface area contributed by atoms with Crippen molar-refractivity contribution in [3.63, 3.8) is 0 Å². The van der Waals surface area contributed by atoms with Gasteiger partial charge in [-0.15, -0.1) is 11.8 Å². The fourth-order valence-corrected chi connectivity index (χ4v) is 4.33. The standard InChI is InChI=1S/C22H24N2O3S.Na.H/c23-15-18-3-1-17(2-4-18)9-12-24-13-10-22(27,11-14-24)16-28-20-7-5-19(6-8-20)21(25)26;;/h1-8,27H,9-14,16H2,(H,25,26);;/q;+1;-1. The summed E-state index contributed by atoms with van der Waals surface area (Å²) in [5.41, 5.74) is 1.50. The number of carbonyl (C=O) groups is 1. The normalized spacial score (nSPS) is 15.9. The zero-order valence-corrected chi connectivity index (χ0v) is 19.5. The molecule has 5 nitrogen and oxygen atoms in total. The largest absolute Gasteiger partial charge is 1.00 e. The Hall–Kier alpha value is -1.33. The van der Waals surface area contributed by atoms with Gasteiger partial charge in [-0.3, -0.25) is 0 Å². The molecule has 7 heteroatoms. The molecular weight excluding hydrogens is 395 g/mol. The van der Waals surface area contributed by atoms with E-state index in [0.717, 1.165) is 43.8 Å². The van der Waals surface area contributed by atoms with Crippen molar-refractivity contribution in [3.8, 4) is 6.07 Å². The SMILES string of the molecule is N#Cc1ccc(CCN2CCC(O)(CSc3ccc(C(=O)O)cc3)CC2)cc1.[H-].[Na+]. The Morgan fingerprint density at radius 3 is 2.31 bits per heavy atom. The molecule has 0 saturated carbocycles. The predicted molar refractivity (Wildman–Crippen MR) is 111 cm³/mol. The van der Waals surface area contributed by atoms with Crippen LogP contribution >= 0.6 is 11.8 Å². The number of thioether (sulfide) groups is 1. The number of rotatable bonds is 7. The Balaban J connectivity index is 0.00000225. The molecule has 2 N–H and O–H groups in total. The summed E-state index contributed by atoms with van der Waals surface area (Å²) in [4.78, 5) is 14.3. The second-order valence-electron chi connectivity index (χ2n) is 7.24. The maximum atomic E-state index is 10.9. The van der Waals surface area contributed by atoms with Gasteiger partial charge in [0.15, 0.2) is 0 Å². The third kappa shape index (κ3) is 7.14. The molecule has 1 heterocycles. The van der Waals surface area contributed by atoms with Crippen molar-refractivity contribution < 1.29 is 46.0 Å². The molecule has 1 aliphatic heterocycles. The van der Waals surface area contributed by atoms with Crippen LogP contribution in [0.3, 0.4) is 0 Å². The third-order valence-electron chi connectivity index (χ3n) is 5.20. The van der Waals surface area contributed by atoms with Crippen molar-refractivity contribution in [2.75, 3.05) is 25.4 Å². The van der Waals surface area contributed by atoms with Crippen molar-refractivity contribution in [1.82, 2.24) is 4.90 Å². The van der Waals surface area contributed by atoms with Crippen LogP contribution in [0, 0.1) is 11.3 Å². The van der Waals surface area contributed by atoms with Gasteiger partial charge >= 0.3 is 35.5 Å². The zero-order valence-electron chi connectivity index (χ0n) is 17.7. The van der Waals surface area contributed by atoms with Crippen LogP contribution in [0.5, 0.6) is 0 Å². The fourth-order valence-electron chi connectivity index (χ4n) is 3.28. The van der Waals surface area contributed by atoms with Gasteiger partial charge in [0, 0.05) is 30.3 Å². The van der Waals surface area contributed by atoms with Gasteiger partial charge in [-0.1, -0.05) is 12.1 Å². The van der Waals surface area contributed by atoms with Crippen molar-refractivity contribution >= 4 is 17.7 Å². The first-order chi connectivity index (χ1) is 13.5. The number of benzene rings is 2. The summed E-state index contributed by atoms with van der Waals surface area (Å²) in [6.45, 7) is 2.68. The van der Waals surface area contributed by atoms with Gasteiger partial charge in [-0.2, -0.15) is 5.26 Å². The van der Waals surface area contributed by atoms with Gasteiger partial charge in [-0.05, 0) is 61.2 Å². The molecule has 0 bridgehead atoms. The number of carboxylic acid groups (broad SMARTS) is 1. The molecule has 0 radical (unpaired) electrons. The van der Waals surface area contributed by atoms with Crippen LogP contribution in [-0.2, 0) is 6.42 Å². The first-order valence-electron chi connectivity index (χ1n) is 9.37. The van der Waals surface area contributed by atoms with Crippen LogP contribution in [-0.4, -0.2) is 52.1 Å². The monoisotopic (exact) mass is 420 g/mol. The van der Waals surface area contributed by atoms with Crippen LogP contribution in [0.25, 0.3) is 0 Å². The molecule has 29 heavy (non-hydrogen) atoms. The van der Waals surface area contributed by atoms with E-state index in [1.54, 1.807) is 36.0 Å². The van der Waals surface area contributed by atoms with E-state index >= 15 is 0 Å². The topological polar surface area (TPSA) is 84.6 Å². The number of hydrogen-bond acceptors (Lipinski definition) is 5. The quantitative estimate of drug-likeness (QED) is 0.502. The number of aromatic carboxylic acids is 1. The average molecular weight is 421 g/mol. The molecule has 0 amide bonds. The van der Waals surface area contributed by atoms with E-state index in [-0.39, 0.29) is 36.5 Å². The summed E-state index contributed by atoms with van der Waals surface area (Å²) < 4.78 is 0. The Bertz CT molecular complexity index is 848. The molecule has 0 atom stereocenters. The number of likely N-dealkylation sites (tertiary alicyclic amines) is 1. The van der Waals surface area contributed by atoms with E-state index in [9.17, 15) is 9.90 Å². The van der Waals surface area contributed by atoms with Crippen LogP contribution in [0.1, 0.15) is 35.8 Å². The van der Waals surface area contributed by atoms with Crippen LogP contribution in [0.15, 0.2) is 53.4 Å². The zero-order chi connectivity index (χ0) is 20.0. The molecule has 148 valence electrons. The molecule has 0 aromatic heterocycles. The van der Waals surface area contributed by atoms with E-state index in [1.807, 2.05) is 24.3 Å². The van der Waals surface area contributed by atoms with Gasteiger partial charge in [-0.25, -0.2) is 4.79 Å². The Kier molecular flexibility index (Phi) is 9.22. The molecule has 1 saturated heterocycles. The van der Waals surface area contributed by atoms with Crippen molar-refractivity contribution in [3.05, 3.63) is 65.2 Å². The minimum Gasteiger partial charge on any atom is -1.00 e. The van der Waals surface area contributed by atoms with E-state index in [1.165, 1.54) is 5.56 Å². The van der Waals surface area contributed by atoms with Crippen molar-refractivity contribution in [2.45, 2.75) is 29.8 Å². The van der Waals surface area contributed by atoms with Crippen molar-refractivity contribution in [2.24, 2.45) is 0 Å². The number of hydrogen-bond donors (Lipinski definition) is 2. The number of carboxylic acids is 1. The molecule has 0 aliphatic carbocycles. The van der Waals surface area contributed by atoms with Gasteiger partial charge < -0.3 is 16.5 Å². The third-order valence-corrected chi connectivity index (χ3v) is 6.48. The van der Waals surface area contributed by atoms with Gasteiger partial charge in [0.05, 0.1) is 22.8 Å². The summed E-state index contributed by atoms with van der Waals surface area (Å²) in [6.07, 6.45) is 2.41. The summed E-state index contributed by atoms with van der Waals surface area (Å²) in [7, 11) is 0. The van der Waals surface area contributed by atoms with Gasteiger partial charge in [0.1, 0.15) is 0 Å². The second kappa shape index (κ2) is 11.2. The number of nitrogens with zero attached hydrogens (tertiary/aromatic N) is 2. The van der Waals surface area contributed by atoms with Gasteiger partial charge in [0.25, 0.3) is 0 Å². The average Bonchev–Trinajstić information content (AvgIpc) is 2.73. The molecule has 2 aromatic rings. The first-order valence-corrected chi connectivity index (χ1v) is 10.4. The second-order valence-corrected chi connectivity index (χ2v) is 8.29. The molecule has 0 spiro atoms. The fraction of sp³-hybridized carbons (Fsp3) is 0.364. The minimum absolute atomic E-state index is 0. The molecule has 2 aromatic carbocycles. The maximum absolute atomic E-state index is 10.9. The summed E-state index contributed by atoms with van der Waals surface area (Å²) in [6, 6.07) is 16.6. The van der Waals surface area contributed by atoms with Gasteiger partial charge in [0.2, 0.25) is 0 Å². The van der Waals surface area contributed by atoms with Crippen LogP contribution in [0.4, 0.5) is 0 Å². The summed E-state index contributed by atoms with van der Waals surface area (Å²) in [5, 5.41) is 28.7. The van der Waals surface area contributed by atoms with E-state index < -0.39 is 11.6 Å². The van der Waals surface area contributed by atoms with E-state index in [2.05, 4.69) is 11.0 Å². The number of aliphatic hydroxyl groups is 1. The smallest absolute Gasteiger partial charge is 1.00 e. The first kappa shape index (κ1) is 23.9. The van der Waals surface area contributed by atoms with E-state index in [4.69, 9.17) is 10.4 Å². The molecule has 0 unspecified atom stereocenters. The minimum atomic E-state index is -0.927. The Morgan fingerprint density at radius 2 is 1.76 bits per heavy atom. The molecule has 1 aliphatic rings. The van der Waals surface area contributed by atoms with Crippen LogP contribution < -0.4 is 29.6 Å². The molecule has 3 rings (SSSR count). The molecule has 1 fully saturated rings. The predicted octanol–water partition coefficient (Wildman–Crippen LogP) is 0.535. The molecular formula is C22H25N2NaO3S. The summed E-state index contributed by atoms with van der Waals surface area (Å²) >= 11 is 1.57. The van der Waals surface area contributed by atoms with Crippen LogP contribution in [0.2, 0.25) is 0 Å².